The Kier molecular flexibility index (Phi) is 5.68. The maximum atomic E-state index is 13.5. The van der Waals surface area contributed by atoms with Crippen LogP contribution in [0.2, 0.25) is 0 Å². The maximum Gasteiger partial charge on any atom is 0.230 e. The number of fused-ring (bicyclic) bond motifs is 2. The first-order valence-electron chi connectivity index (χ1n) is 11.7. The predicted octanol–water partition coefficient (Wildman–Crippen LogP) is 3.86. The highest BCUT2D eigenvalue weighted by Gasteiger charge is 2.39. The fourth-order valence-corrected chi connectivity index (χ4v) is 5.41. The topological polar surface area (TPSA) is 67.2 Å². The van der Waals surface area contributed by atoms with Crippen molar-refractivity contribution in [3.63, 3.8) is 0 Å². The molecule has 1 aliphatic carbocycles. The van der Waals surface area contributed by atoms with Gasteiger partial charge < -0.3 is 14.8 Å². The molecule has 1 aliphatic heterocycles. The van der Waals surface area contributed by atoms with Gasteiger partial charge in [-0.2, -0.15) is 0 Å². The third kappa shape index (κ3) is 3.78. The quantitative estimate of drug-likeness (QED) is 0.668. The van der Waals surface area contributed by atoms with Gasteiger partial charge in [-0.3, -0.25) is 9.59 Å². The van der Waals surface area contributed by atoms with Crippen molar-refractivity contribution in [2.45, 2.75) is 45.6 Å². The van der Waals surface area contributed by atoms with Crippen LogP contribution in [0.25, 0.3) is 11.0 Å². The zero-order chi connectivity index (χ0) is 22.1. The lowest BCUT2D eigenvalue weighted by atomic mass is 9.77. The molecule has 1 aromatic heterocycles. The zero-order valence-electron chi connectivity index (χ0n) is 18.6. The Bertz CT molecular complexity index is 1150. The molecule has 0 spiro atoms. The monoisotopic (exact) mass is 430 g/mol. The molecule has 2 heterocycles. The number of anilines is 1. The van der Waals surface area contributed by atoms with E-state index in [9.17, 15) is 9.59 Å². The molecule has 1 N–H and O–H groups in total. The lowest BCUT2D eigenvalue weighted by Gasteiger charge is -2.32. The van der Waals surface area contributed by atoms with Crippen LogP contribution in [-0.2, 0) is 22.6 Å². The van der Waals surface area contributed by atoms with Crippen LogP contribution < -0.4 is 10.2 Å². The molecule has 6 nitrogen and oxygen atoms in total. The first-order valence-corrected chi connectivity index (χ1v) is 11.7. The average Bonchev–Trinajstić information content (AvgIpc) is 3.39. The van der Waals surface area contributed by atoms with E-state index in [-0.39, 0.29) is 23.7 Å². The molecule has 3 aromatic rings. The minimum Gasteiger partial charge on any atom is -0.354 e. The summed E-state index contributed by atoms with van der Waals surface area (Å²) < 4.78 is 2.14. The minimum absolute atomic E-state index is 0.0117. The number of nitrogens with one attached hydrogen (secondary N) is 1. The second-order valence-corrected chi connectivity index (χ2v) is 8.96. The van der Waals surface area contributed by atoms with Crippen LogP contribution in [0.4, 0.5) is 5.69 Å². The van der Waals surface area contributed by atoms with E-state index in [2.05, 4.69) is 27.0 Å². The lowest BCUT2D eigenvalue weighted by molar-refractivity contribution is -0.135. The van der Waals surface area contributed by atoms with Gasteiger partial charge in [0, 0.05) is 31.2 Å². The molecule has 5 rings (SSSR count). The van der Waals surface area contributed by atoms with Crippen LogP contribution >= 0.6 is 0 Å². The highest BCUT2D eigenvalue weighted by atomic mass is 16.2. The van der Waals surface area contributed by atoms with E-state index in [1.165, 1.54) is 5.56 Å². The van der Waals surface area contributed by atoms with Crippen molar-refractivity contribution in [1.29, 1.82) is 0 Å². The summed E-state index contributed by atoms with van der Waals surface area (Å²) in [6, 6.07) is 16.2. The van der Waals surface area contributed by atoms with Crippen molar-refractivity contribution in [3.05, 3.63) is 59.9 Å². The van der Waals surface area contributed by atoms with Crippen molar-refractivity contribution in [3.8, 4) is 0 Å². The lowest BCUT2D eigenvalue weighted by Crippen LogP contribution is -2.45. The minimum atomic E-state index is -0.246. The normalized spacial score (nSPS) is 20.3. The first-order chi connectivity index (χ1) is 15.6. The predicted molar refractivity (Wildman–Crippen MR) is 125 cm³/mol. The summed E-state index contributed by atoms with van der Waals surface area (Å²) >= 11 is 0. The van der Waals surface area contributed by atoms with Crippen LogP contribution in [0.15, 0.2) is 48.5 Å². The van der Waals surface area contributed by atoms with Gasteiger partial charge in [0.05, 0.1) is 17.0 Å². The Hall–Kier alpha value is -3.15. The molecule has 0 unspecified atom stereocenters. The highest BCUT2D eigenvalue weighted by molar-refractivity contribution is 5.99. The summed E-state index contributed by atoms with van der Waals surface area (Å²) in [5, 5.41) is 3.12. The van der Waals surface area contributed by atoms with E-state index < -0.39 is 0 Å². The number of para-hydroxylation sites is 3. The number of aromatic nitrogens is 2. The number of rotatable bonds is 5. The largest absolute Gasteiger partial charge is 0.354 e. The van der Waals surface area contributed by atoms with Crippen LogP contribution in [0.3, 0.4) is 0 Å². The Morgan fingerprint density at radius 1 is 1.03 bits per heavy atom. The summed E-state index contributed by atoms with van der Waals surface area (Å²) in [5.74, 6) is 0.595. The van der Waals surface area contributed by atoms with E-state index in [1.807, 2.05) is 48.2 Å². The Morgan fingerprint density at radius 3 is 2.66 bits per heavy atom. The van der Waals surface area contributed by atoms with E-state index in [0.29, 0.717) is 13.1 Å². The van der Waals surface area contributed by atoms with Gasteiger partial charge in [-0.1, -0.05) is 43.2 Å². The maximum absolute atomic E-state index is 13.5. The summed E-state index contributed by atoms with van der Waals surface area (Å²) in [7, 11) is 0. The number of benzene rings is 2. The molecule has 0 radical (unpaired) electrons. The van der Waals surface area contributed by atoms with Gasteiger partial charge in [0.2, 0.25) is 11.8 Å². The number of imidazole rings is 1. The van der Waals surface area contributed by atoms with Crippen molar-refractivity contribution >= 4 is 28.5 Å². The summed E-state index contributed by atoms with van der Waals surface area (Å²) in [6.45, 7) is 3.91. The fraction of sp³-hybridized carbons (Fsp3) is 0.423. The Labute approximate surface area is 188 Å². The number of nitrogens with zero attached hydrogens (tertiary/aromatic N) is 3. The second-order valence-electron chi connectivity index (χ2n) is 8.96. The summed E-state index contributed by atoms with van der Waals surface area (Å²) in [6.07, 6.45) is 4.48. The van der Waals surface area contributed by atoms with Crippen LogP contribution in [0, 0.1) is 18.8 Å². The SMILES string of the molecule is Cc1nc2ccccc2n1CCNC(=O)[C@@H]1CCCC[C@H]1C(=O)N1CCc2ccccc21. The molecule has 32 heavy (non-hydrogen) atoms. The first kappa shape index (κ1) is 20.7. The Morgan fingerprint density at radius 2 is 1.78 bits per heavy atom. The second kappa shape index (κ2) is 8.77. The van der Waals surface area contributed by atoms with Gasteiger partial charge in [0.1, 0.15) is 5.82 Å². The number of carbonyl (C=O) groups excluding carboxylic acids is 2. The third-order valence-corrected chi connectivity index (χ3v) is 7.05. The molecule has 2 atom stereocenters. The van der Waals surface area contributed by atoms with E-state index in [0.717, 1.165) is 61.2 Å². The molecule has 1 fully saturated rings. The molecule has 2 aliphatic rings. The number of aryl methyl sites for hydroxylation is 1. The van der Waals surface area contributed by atoms with Gasteiger partial charge in [0.25, 0.3) is 0 Å². The fourth-order valence-electron chi connectivity index (χ4n) is 5.41. The number of amides is 2. The molecule has 6 heteroatoms. The van der Waals surface area contributed by atoms with E-state index in [1.54, 1.807) is 0 Å². The number of hydrogen-bond donors (Lipinski definition) is 1. The molecule has 0 saturated heterocycles. The third-order valence-electron chi connectivity index (χ3n) is 7.05. The van der Waals surface area contributed by atoms with Gasteiger partial charge in [-0.15, -0.1) is 0 Å². The summed E-state index contributed by atoms with van der Waals surface area (Å²) in [4.78, 5) is 33.1. The zero-order valence-corrected chi connectivity index (χ0v) is 18.6. The molecule has 2 amide bonds. The van der Waals surface area contributed by atoms with E-state index in [4.69, 9.17) is 0 Å². The molecular weight excluding hydrogens is 400 g/mol. The number of hydrogen-bond acceptors (Lipinski definition) is 3. The van der Waals surface area contributed by atoms with Gasteiger partial charge in [-0.05, 0) is 49.9 Å². The van der Waals surface area contributed by atoms with Crippen molar-refractivity contribution < 1.29 is 9.59 Å². The number of carbonyl (C=O) groups is 2. The van der Waals surface area contributed by atoms with Crippen molar-refractivity contribution in [1.82, 2.24) is 14.9 Å². The van der Waals surface area contributed by atoms with E-state index >= 15 is 0 Å². The van der Waals surface area contributed by atoms with Crippen LogP contribution in [0.5, 0.6) is 0 Å². The summed E-state index contributed by atoms with van der Waals surface area (Å²) in [5.41, 5.74) is 4.29. The highest BCUT2D eigenvalue weighted by Crippen LogP contribution is 2.35. The van der Waals surface area contributed by atoms with Crippen molar-refractivity contribution in [2.75, 3.05) is 18.0 Å². The van der Waals surface area contributed by atoms with Gasteiger partial charge >= 0.3 is 0 Å². The molecule has 1 saturated carbocycles. The average molecular weight is 431 g/mol. The molecule has 2 aromatic carbocycles. The van der Waals surface area contributed by atoms with Crippen LogP contribution in [-0.4, -0.2) is 34.5 Å². The molecule has 166 valence electrons. The smallest absolute Gasteiger partial charge is 0.230 e. The molecule has 0 bridgehead atoms. The molecular formula is C26H30N4O2. The van der Waals surface area contributed by atoms with Gasteiger partial charge in [-0.25, -0.2) is 4.98 Å². The van der Waals surface area contributed by atoms with Crippen molar-refractivity contribution in [2.24, 2.45) is 11.8 Å². The Balaban J connectivity index is 1.25. The van der Waals surface area contributed by atoms with Crippen LogP contribution in [0.1, 0.15) is 37.1 Å². The standard InChI is InChI=1S/C26H30N4O2/c1-18-28-22-11-5-7-13-24(22)29(18)17-15-27-25(31)20-9-3-4-10-21(20)26(32)30-16-14-19-8-2-6-12-23(19)30/h2,5-8,11-13,20-21H,3-4,9-10,14-17H2,1H3,(H,27,31)/t20-,21-/m1/s1. The van der Waals surface area contributed by atoms with Gasteiger partial charge in [0.15, 0.2) is 0 Å².